The molecule has 0 aliphatic heterocycles. The number of phenols is 1. The van der Waals surface area contributed by atoms with Crippen molar-refractivity contribution in [2.75, 3.05) is 0 Å². The van der Waals surface area contributed by atoms with Crippen LogP contribution in [0.25, 0.3) is 0 Å². The number of carbonyl (C=O) groups is 2. The summed E-state index contributed by atoms with van der Waals surface area (Å²) in [5.41, 5.74) is -0.539. The van der Waals surface area contributed by atoms with E-state index in [9.17, 15) is 19.8 Å². The predicted octanol–water partition coefficient (Wildman–Crippen LogP) is 3.64. The molecule has 0 bridgehead atoms. The van der Waals surface area contributed by atoms with E-state index in [2.05, 4.69) is 0 Å². The lowest BCUT2D eigenvalue weighted by Crippen LogP contribution is -2.50. The molecule has 0 spiro atoms. The molecule has 27 heavy (non-hydrogen) atoms. The number of carbonyl (C=O) groups excluding carboxylic acids is 2. The molecule has 3 rings (SSSR count). The highest BCUT2D eigenvalue weighted by molar-refractivity contribution is 5.96. The standard InChI is InChI=1S/C22H28O5/c1-13(2)22(26)10-9-21(4)12-17(24)14(3)11-18(19(21)22)27-20(25)15-5-7-16(23)8-6-15/h5-8,11,13,18-19,23,26H,9-10,12H2,1-4H3/t18-,19?,21+,22+/m0/s1. The minimum absolute atomic E-state index is 0.0268. The summed E-state index contributed by atoms with van der Waals surface area (Å²) in [4.78, 5) is 25.3. The minimum atomic E-state index is -1.00. The molecule has 5 heteroatoms. The van der Waals surface area contributed by atoms with Gasteiger partial charge in [0.25, 0.3) is 0 Å². The van der Waals surface area contributed by atoms with Crippen LogP contribution in [0, 0.1) is 17.3 Å². The maximum Gasteiger partial charge on any atom is 0.338 e. The molecule has 0 saturated heterocycles. The van der Waals surface area contributed by atoms with Gasteiger partial charge in [-0.25, -0.2) is 4.79 Å². The predicted molar refractivity (Wildman–Crippen MR) is 101 cm³/mol. The molecular formula is C22H28O5. The van der Waals surface area contributed by atoms with E-state index in [1.54, 1.807) is 13.0 Å². The Morgan fingerprint density at radius 3 is 2.44 bits per heavy atom. The number of fused-ring (bicyclic) bond motifs is 1. The smallest absolute Gasteiger partial charge is 0.338 e. The second kappa shape index (κ2) is 6.79. The van der Waals surface area contributed by atoms with Gasteiger partial charge >= 0.3 is 5.97 Å². The monoisotopic (exact) mass is 372 g/mol. The topological polar surface area (TPSA) is 83.8 Å². The van der Waals surface area contributed by atoms with Gasteiger partial charge in [-0.15, -0.1) is 0 Å². The van der Waals surface area contributed by atoms with Gasteiger partial charge in [-0.3, -0.25) is 4.79 Å². The van der Waals surface area contributed by atoms with Gasteiger partial charge in [-0.2, -0.15) is 0 Å². The number of benzene rings is 1. The number of aliphatic hydroxyl groups is 1. The van der Waals surface area contributed by atoms with Gasteiger partial charge in [0.15, 0.2) is 5.78 Å². The molecule has 1 aromatic carbocycles. The highest BCUT2D eigenvalue weighted by atomic mass is 16.5. The van der Waals surface area contributed by atoms with E-state index >= 15 is 0 Å². The van der Waals surface area contributed by atoms with Gasteiger partial charge in [-0.1, -0.05) is 20.8 Å². The van der Waals surface area contributed by atoms with Crippen molar-refractivity contribution in [3.05, 3.63) is 41.5 Å². The molecule has 146 valence electrons. The van der Waals surface area contributed by atoms with Gasteiger partial charge < -0.3 is 14.9 Å². The minimum Gasteiger partial charge on any atom is -0.508 e. The fourth-order valence-electron chi connectivity index (χ4n) is 4.76. The van der Waals surface area contributed by atoms with E-state index in [1.807, 2.05) is 20.8 Å². The van der Waals surface area contributed by atoms with Crippen molar-refractivity contribution >= 4 is 11.8 Å². The second-order valence-corrected chi connectivity index (χ2v) is 8.64. The zero-order valence-corrected chi connectivity index (χ0v) is 16.4. The molecule has 2 aliphatic rings. The van der Waals surface area contributed by atoms with E-state index in [-0.39, 0.29) is 23.4 Å². The lowest BCUT2D eigenvalue weighted by atomic mass is 9.68. The first-order valence-corrected chi connectivity index (χ1v) is 9.51. The van der Waals surface area contributed by atoms with Crippen molar-refractivity contribution in [2.45, 2.75) is 58.7 Å². The van der Waals surface area contributed by atoms with Crippen LogP contribution in [-0.4, -0.2) is 33.7 Å². The van der Waals surface area contributed by atoms with Crippen molar-refractivity contribution in [1.82, 2.24) is 0 Å². The summed E-state index contributed by atoms with van der Waals surface area (Å²) in [6.45, 7) is 7.69. The Bertz CT molecular complexity index is 778. The third-order valence-electron chi connectivity index (χ3n) is 6.48. The van der Waals surface area contributed by atoms with Gasteiger partial charge in [0, 0.05) is 12.3 Å². The maximum absolute atomic E-state index is 12.7. The highest BCUT2D eigenvalue weighted by Gasteiger charge is 2.60. The number of hydrogen-bond acceptors (Lipinski definition) is 5. The number of Topliss-reactive ketones (excluding diaryl/α,β-unsaturated/α-hetero) is 1. The van der Waals surface area contributed by atoms with Crippen molar-refractivity contribution in [3.8, 4) is 5.75 Å². The van der Waals surface area contributed by atoms with Crippen LogP contribution < -0.4 is 0 Å². The SMILES string of the molecule is CC1=C[C@H](OC(=O)c2ccc(O)cc2)C2[C@](C)(CC[C@@]2(O)C(C)C)CC1=O. The third-order valence-corrected chi connectivity index (χ3v) is 6.48. The largest absolute Gasteiger partial charge is 0.508 e. The number of aromatic hydroxyl groups is 1. The van der Waals surface area contributed by atoms with E-state index in [0.29, 0.717) is 30.4 Å². The molecule has 4 atom stereocenters. The number of hydrogen-bond donors (Lipinski definition) is 2. The zero-order valence-electron chi connectivity index (χ0n) is 16.4. The molecule has 1 saturated carbocycles. The van der Waals surface area contributed by atoms with Crippen LogP contribution in [-0.2, 0) is 9.53 Å². The molecule has 2 aliphatic carbocycles. The number of ketones is 1. The van der Waals surface area contributed by atoms with E-state index in [0.717, 1.165) is 0 Å². The van der Waals surface area contributed by atoms with Crippen LogP contribution in [0.4, 0.5) is 0 Å². The number of allylic oxidation sites excluding steroid dienone is 1. The number of ether oxygens (including phenoxy) is 1. The number of esters is 1. The van der Waals surface area contributed by atoms with Gasteiger partial charge in [0.1, 0.15) is 11.9 Å². The molecule has 0 radical (unpaired) electrons. The third kappa shape index (κ3) is 3.41. The summed E-state index contributed by atoms with van der Waals surface area (Å²) in [5.74, 6) is -0.800. The van der Waals surface area contributed by atoms with Crippen LogP contribution in [0.1, 0.15) is 57.3 Å². The summed E-state index contributed by atoms with van der Waals surface area (Å²) in [6, 6.07) is 5.86. The summed E-state index contributed by atoms with van der Waals surface area (Å²) in [7, 11) is 0. The Morgan fingerprint density at radius 2 is 1.85 bits per heavy atom. The van der Waals surface area contributed by atoms with Crippen LogP contribution in [0.2, 0.25) is 0 Å². The Kier molecular flexibility index (Phi) is 4.93. The Hall–Kier alpha value is -2.14. The maximum atomic E-state index is 12.7. The van der Waals surface area contributed by atoms with Crippen molar-refractivity contribution in [2.24, 2.45) is 17.3 Å². The average molecular weight is 372 g/mol. The van der Waals surface area contributed by atoms with Crippen LogP contribution in [0.5, 0.6) is 5.75 Å². The van der Waals surface area contributed by atoms with Gasteiger partial charge in [0.2, 0.25) is 0 Å². The Balaban J connectivity index is 1.99. The molecule has 1 fully saturated rings. The molecule has 1 aromatic rings. The Morgan fingerprint density at radius 1 is 1.22 bits per heavy atom. The van der Waals surface area contributed by atoms with Crippen LogP contribution >= 0.6 is 0 Å². The zero-order chi connectivity index (χ0) is 20.0. The lowest BCUT2D eigenvalue weighted by molar-refractivity contribution is -0.122. The fraction of sp³-hybridized carbons (Fsp3) is 0.545. The summed E-state index contributed by atoms with van der Waals surface area (Å²) >= 11 is 0. The van der Waals surface area contributed by atoms with Crippen LogP contribution in [0.15, 0.2) is 35.9 Å². The summed E-state index contributed by atoms with van der Waals surface area (Å²) in [6.07, 6.45) is 2.67. The highest BCUT2D eigenvalue weighted by Crippen LogP contribution is 2.57. The molecule has 5 nitrogen and oxygen atoms in total. The van der Waals surface area contributed by atoms with Gasteiger partial charge in [0.05, 0.1) is 11.2 Å². The summed E-state index contributed by atoms with van der Waals surface area (Å²) < 4.78 is 5.83. The Labute approximate surface area is 160 Å². The number of phenolic OH excluding ortho intramolecular Hbond substituents is 1. The number of rotatable bonds is 3. The van der Waals surface area contributed by atoms with E-state index < -0.39 is 23.1 Å². The van der Waals surface area contributed by atoms with E-state index in [1.165, 1.54) is 24.3 Å². The molecule has 1 unspecified atom stereocenters. The van der Waals surface area contributed by atoms with Gasteiger partial charge in [-0.05, 0) is 67.0 Å². The molecule has 0 heterocycles. The quantitative estimate of drug-likeness (QED) is 0.792. The van der Waals surface area contributed by atoms with Crippen molar-refractivity contribution < 1.29 is 24.5 Å². The second-order valence-electron chi connectivity index (χ2n) is 8.64. The van der Waals surface area contributed by atoms with Crippen molar-refractivity contribution in [1.29, 1.82) is 0 Å². The molecular weight excluding hydrogens is 344 g/mol. The normalized spacial score (nSPS) is 33.4. The molecule has 2 N–H and O–H groups in total. The first-order chi connectivity index (χ1) is 12.6. The average Bonchev–Trinajstić information content (AvgIpc) is 2.81. The lowest BCUT2D eigenvalue weighted by Gasteiger charge is -2.42. The summed E-state index contributed by atoms with van der Waals surface area (Å²) in [5, 5.41) is 20.9. The fourth-order valence-corrected chi connectivity index (χ4v) is 4.76. The van der Waals surface area contributed by atoms with E-state index in [4.69, 9.17) is 4.74 Å². The first kappa shape index (κ1) is 19.6. The first-order valence-electron chi connectivity index (χ1n) is 9.51. The molecule has 0 aromatic heterocycles. The molecule has 0 amide bonds. The van der Waals surface area contributed by atoms with Crippen LogP contribution in [0.3, 0.4) is 0 Å². The van der Waals surface area contributed by atoms with Crippen molar-refractivity contribution in [3.63, 3.8) is 0 Å².